The van der Waals surface area contributed by atoms with Gasteiger partial charge in [0.2, 0.25) is 0 Å². The molecule has 0 bridgehead atoms. The lowest BCUT2D eigenvalue weighted by atomic mass is 10.4. The second-order valence-electron chi connectivity index (χ2n) is 1.82. The number of rotatable bonds is 2. The van der Waals surface area contributed by atoms with E-state index in [9.17, 15) is 4.79 Å². The third-order valence-electron chi connectivity index (χ3n) is 1.13. The van der Waals surface area contributed by atoms with Crippen molar-refractivity contribution in [2.24, 2.45) is 0 Å². The van der Waals surface area contributed by atoms with Crippen LogP contribution in [0, 0.1) is 0 Å². The molecule has 0 aromatic carbocycles. The standard InChI is InChI=1S/C6H4Cl2N2OS.C2H6/c1-12-6-9-4(7)3(2-11)5(8)10-6;1-2/h2H,1H3;1-2H3. The molecule has 0 amide bonds. The summed E-state index contributed by atoms with van der Waals surface area (Å²) in [4.78, 5) is 18.0. The van der Waals surface area contributed by atoms with E-state index in [0.29, 0.717) is 11.4 Å². The number of aromatic nitrogens is 2. The summed E-state index contributed by atoms with van der Waals surface area (Å²) in [5.74, 6) is 0. The summed E-state index contributed by atoms with van der Waals surface area (Å²) in [7, 11) is 0. The van der Waals surface area contributed by atoms with Crippen molar-refractivity contribution in [3.05, 3.63) is 15.9 Å². The molecule has 0 saturated carbocycles. The van der Waals surface area contributed by atoms with Crippen molar-refractivity contribution in [3.63, 3.8) is 0 Å². The molecule has 78 valence electrons. The first kappa shape index (κ1) is 13.7. The number of aldehydes is 1. The van der Waals surface area contributed by atoms with Crippen LogP contribution in [-0.4, -0.2) is 22.5 Å². The van der Waals surface area contributed by atoms with Crippen molar-refractivity contribution in [2.45, 2.75) is 19.0 Å². The zero-order chi connectivity index (χ0) is 11.1. The highest BCUT2D eigenvalue weighted by Gasteiger charge is 2.09. The molecular weight excluding hydrogens is 243 g/mol. The summed E-state index contributed by atoms with van der Waals surface area (Å²) in [6, 6.07) is 0. The number of thioether (sulfide) groups is 1. The molecule has 1 aromatic rings. The van der Waals surface area contributed by atoms with E-state index in [4.69, 9.17) is 23.2 Å². The zero-order valence-corrected chi connectivity index (χ0v) is 10.4. The van der Waals surface area contributed by atoms with Crippen LogP contribution in [0.3, 0.4) is 0 Å². The van der Waals surface area contributed by atoms with Gasteiger partial charge < -0.3 is 0 Å². The molecule has 6 heteroatoms. The summed E-state index contributed by atoms with van der Waals surface area (Å²) < 4.78 is 0. The van der Waals surface area contributed by atoms with Gasteiger partial charge in [-0.15, -0.1) is 0 Å². The Morgan fingerprint density at radius 1 is 1.21 bits per heavy atom. The topological polar surface area (TPSA) is 42.9 Å². The van der Waals surface area contributed by atoms with Gasteiger partial charge in [-0.25, -0.2) is 9.97 Å². The average molecular weight is 253 g/mol. The molecule has 3 nitrogen and oxygen atoms in total. The van der Waals surface area contributed by atoms with Crippen LogP contribution in [-0.2, 0) is 0 Å². The molecule has 0 saturated heterocycles. The van der Waals surface area contributed by atoms with E-state index in [1.165, 1.54) is 11.8 Å². The molecule has 0 spiro atoms. The summed E-state index contributed by atoms with van der Waals surface area (Å²) in [6.07, 6.45) is 2.33. The molecule has 0 fully saturated rings. The quantitative estimate of drug-likeness (QED) is 0.351. The van der Waals surface area contributed by atoms with Crippen LogP contribution in [0.4, 0.5) is 0 Å². The van der Waals surface area contributed by atoms with E-state index in [1.807, 2.05) is 13.8 Å². The molecule has 0 aliphatic heterocycles. The summed E-state index contributed by atoms with van der Waals surface area (Å²) in [5, 5.41) is 0.638. The molecule has 14 heavy (non-hydrogen) atoms. The average Bonchev–Trinajstić information content (AvgIpc) is 2.20. The highest BCUT2D eigenvalue weighted by atomic mass is 35.5. The number of hydrogen-bond acceptors (Lipinski definition) is 4. The molecule has 0 atom stereocenters. The van der Waals surface area contributed by atoms with Gasteiger partial charge in [0.15, 0.2) is 11.4 Å². The largest absolute Gasteiger partial charge is 0.298 e. The minimum Gasteiger partial charge on any atom is -0.298 e. The van der Waals surface area contributed by atoms with Gasteiger partial charge in [-0.05, 0) is 6.26 Å². The van der Waals surface area contributed by atoms with Crippen LogP contribution in [0.5, 0.6) is 0 Å². The molecule has 0 unspecified atom stereocenters. The van der Waals surface area contributed by atoms with Gasteiger partial charge in [-0.1, -0.05) is 48.8 Å². The zero-order valence-electron chi connectivity index (χ0n) is 8.04. The maximum Gasteiger partial charge on any atom is 0.190 e. The fourth-order valence-corrected chi connectivity index (χ4v) is 1.53. The van der Waals surface area contributed by atoms with Crippen molar-refractivity contribution < 1.29 is 4.79 Å². The van der Waals surface area contributed by atoms with Crippen LogP contribution in [0.2, 0.25) is 10.3 Å². The third-order valence-corrected chi connectivity index (χ3v) is 2.26. The summed E-state index contributed by atoms with van der Waals surface area (Å²) >= 11 is 12.6. The van der Waals surface area contributed by atoms with Gasteiger partial charge in [0.05, 0.1) is 5.56 Å². The minimum atomic E-state index is 0.0920. The smallest absolute Gasteiger partial charge is 0.190 e. The molecule has 0 aliphatic rings. The third kappa shape index (κ3) is 3.44. The molecule has 0 N–H and O–H groups in total. The van der Waals surface area contributed by atoms with Crippen molar-refractivity contribution in [1.82, 2.24) is 9.97 Å². The van der Waals surface area contributed by atoms with Crippen LogP contribution in [0.1, 0.15) is 24.2 Å². The molecule has 1 rings (SSSR count). The SMILES string of the molecule is CC.CSc1nc(Cl)c(C=O)c(Cl)n1. The number of carbonyl (C=O) groups is 1. The van der Waals surface area contributed by atoms with Gasteiger partial charge in [0.25, 0.3) is 0 Å². The first-order valence-corrected chi connectivity index (χ1v) is 5.89. The normalized spacial score (nSPS) is 8.93. The molecule has 0 aliphatic carbocycles. The van der Waals surface area contributed by atoms with Crippen molar-refractivity contribution in [2.75, 3.05) is 6.26 Å². The van der Waals surface area contributed by atoms with Crippen LogP contribution in [0.25, 0.3) is 0 Å². The summed E-state index contributed by atoms with van der Waals surface area (Å²) in [6.45, 7) is 4.00. The minimum absolute atomic E-state index is 0.0920. The van der Waals surface area contributed by atoms with Gasteiger partial charge in [-0.2, -0.15) is 0 Å². The lowest BCUT2D eigenvalue weighted by molar-refractivity contribution is 0.112. The van der Waals surface area contributed by atoms with Gasteiger partial charge in [0, 0.05) is 0 Å². The Labute approximate surface area is 97.2 Å². The molecule has 0 radical (unpaired) electrons. The first-order valence-electron chi connectivity index (χ1n) is 3.91. The second-order valence-corrected chi connectivity index (χ2v) is 3.31. The monoisotopic (exact) mass is 252 g/mol. The Morgan fingerprint density at radius 2 is 1.64 bits per heavy atom. The maximum absolute atomic E-state index is 10.4. The van der Waals surface area contributed by atoms with E-state index in [1.54, 1.807) is 6.26 Å². The number of halogens is 2. The van der Waals surface area contributed by atoms with E-state index >= 15 is 0 Å². The van der Waals surface area contributed by atoms with Gasteiger partial charge >= 0.3 is 0 Å². The van der Waals surface area contributed by atoms with E-state index in [0.717, 1.165) is 0 Å². The van der Waals surface area contributed by atoms with Crippen molar-refractivity contribution in [3.8, 4) is 0 Å². The van der Waals surface area contributed by atoms with Crippen LogP contribution >= 0.6 is 35.0 Å². The Balaban J connectivity index is 0.000000791. The van der Waals surface area contributed by atoms with E-state index in [-0.39, 0.29) is 15.9 Å². The lowest BCUT2D eigenvalue weighted by Gasteiger charge is -1.99. The Morgan fingerprint density at radius 3 is 1.93 bits per heavy atom. The number of carbonyl (C=O) groups excluding carboxylic acids is 1. The molecule has 1 aromatic heterocycles. The number of hydrogen-bond donors (Lipinski definition) is 0. The lowest BCUT2D eigenvalue weighted by Crippen LogP contribution is -1.94. The highest BCUT2D eigenvalue weighted by Crippen LogP contribution is 2.22. The first-order chi connectivity index (χ1) is 6.69. The van der Waals surface area contributed by atoms with Gasteiger partial charge in [0.1, 0.15) is 10.3 Å². The van der Waals surface area contributed by atoms with Crippen LogP contribution in [0.15, 0.2) is 5.16 Å². The van der Waals surface area contributed by atoms with Gasteiger partial charge in [-0.3, -0.25) is 4.79 Å². The summed E-state index contributed by atoms with van der Waals surface area (Å²) in [5.41, 5.74) is 0.135. The Hall–Kier alpha value is -0.320. The second kappa shape index (κ2) is 7.04. The van der Waals surface area contributed by atoms with Crippen LogP contribution < -0.4 is 0 Å². The predicted molar refractivity (Wildman–Crippen MR) is 60.6 cm³/mol. The maximum atomic E-state index is 10.4. The van der Waals surface area contributed by atoms with Crippen molar-refractivity contribution in [1.29, 1.82) is 0 Å². The Bertz CT molecular complexity index is 297. The molecule has 1 heterocycles. The number of nitrogens with zero attached hydrogens (tertiary/aromatic N) is 2. The Kier molecular flexibility index (Phi) is 6.87. The fourth-order valence-electron chi connectivity index (χ4n) is 0.587. The molecular formula is C8H10Cl2N2OS. The predicted octanol–water partition coefficient (Wildman–Crippen LogP) is 3.34. The fraction of sp³-hybridized carbons (Fsp3) is 0.375. The van der Waals surface area contributed by atoms with E-state index < -0.39 is 0 Å². The van der Waals surface area contributed by atoms with E-state index in [2.05, 4.69) is 9.97 Å². The van der Waals surface area contributed by atoms with Crippen molar-refractivity contribution >= 4 is 41.2 Å². The highest BCUT2D eigenvalue weighted by molar-refractivity contribution is 7.98.